The van der Waals surface area contributed by atoms with Crippen molar-refractivity contribution in [2.24, 2.45) is 5.73 Å². The average Bonchev–Trinajstić information content (AvgIpc) is 2.10. The topological polar surface area (TPSA) is 96.1 Å². The number of nitrogens with zero attached hydrogens (tertiary/aromatic N) is 1. The van der Waals surface area contributed by atoms with Gasteiger partial charge < -0.3 is 16.6 Å². The van der Waals surface area contributed by atoms with Gasteiger partial charge in [-0.1, -0.05) is 6.07 Å². The van der Waals surface area contributed by atoms with Crippen LogP contribution in [0.3, 0.4) is 0 Å². The second kappa shape index (κ2) is 3.78. The Bertz CT molecular complexity index is 343. The third-order valence-electron chi connectivity index (χ3n) is 1.79. The molecule has 0 aromatic heterocycles. The fourth-order valence-corrected chi connectivity index (χ4v) is 1.02. The first kappa shape index (κ1) is 9.36. The predicted molar refractivity (Wildman–Crippen MR) is 49.7 cm³/mol. The quantitative estimate of drug-likeness (QED) is 0.461. The lowest BCUT2D eigenvalue weighted by atomic mass is 10.0. The van der Waals surface area contributed by atoms with Crippen LogP contribution in [0.15, 0.2) is 18.2 Å². The third kappa shape index (κ3) is 2.10. The normalized spacial score (nSPS) is 12.0. The summed E-state index contributed by atoms with van der Waals surface area (Å²) in [6, 6.07) is 6.35. The zero-order valence-corrected chi connectivity index (χ0v) is 7.07. The van der Waals surface area contributed by atoms with Gasteiger partial charge in [0.25, 0.3) is 0 Å². The Kier molecular flexibility index (Phi) is 2.72. The van der Waals surface area contributed by atoms with Crippen molar-refractivity contribution in [3.8, 4) is 11.8 Å². The van der Waals surface area contributed by atoms with Crippen LogP contribution >= 0.6 is 0 Å². The maximum atomic E-state index is 9.12. The van der Waals surface area contributed by atoms with E-state index in [1.807, 2.05) is 6.07 Å². The summed E-state index contributed by atoms with van der Waals surface area (Å²) >= 11 is 0. The summed E-state index contributed by atoms with van der Waals surface area (Å²) in [5.74, 6) is 0.0351. The van der Waals surface area contributed by atoms with Crippen molar-refractivity contribution in [3.63, 3.8) is 0 Å². The highest BCUT2D eigenvalue weighted by atomic mass is 16.3. The third-order valence-corrected chi connectivity index (χ3v) is 1.79. The number of hydrogen-bond donors (Lipinski definition) is 3. The number of nitrogens with two attached hydrogens (primary N) is 2. The standard InChI is InChI=1S/C9H11N3O/c10-4-3-7(11)6-1-2-9(13)8(12)5-6/h1-2,5,7,13H,3,11-12H2. The number of aromatic hydroxyl groups is 1. The number of rotatable bonds is 2. The van der Waals surface area contributed by atoms with E-state index in [4.69, 9.17) is 21.8 Å². The summed E-state index contributed by atoms with van der Waals surface area (Å²) in [5, 5.41) is 17.5. The van der Waals surface area contributed by atoms with Gasteiger partial charge in [-0.05, 0) is 17.7 Å². The number of hydrogen-bond acceptors (Lipinski definition) is 4. The molecule has 13 heavy (non-hydrogen) atoms. The number of benzene rings is 1. The minimum Gasteiger partial charge on any atom is -0.506 e. The second-order valence-corrected chi connectivity index (χ2v) is 2.79. The highest BCUT2D eigenvalue weighted by molar-refractivity contribution is 5.53. The molecule has 1 unspecified atom stereocenters. The van der Waals surface area contributed by atoms with Gasteiger partial charge in [-0.2, -0.15) is 5.26 Å². The van der Waals surface area contributed by atoms with Crippen LogP contribution in [0.2, 0.25) is 0 Å². The maximum Gasteiger partial charge on any atom is 0.138 e. The van der Waals surface area contributed by atoms with Crippen molar-refractivity contribution in [3.05, 3.63) is 23.8 Å². The van der Waals surface area contributed by atoms with Crippen molar-refractivity contribution in [2.75, 3.05) is 5.73 Å². The summed E-state index contributed by atoms with van der Waals surface area (Å²) in [7, 11) is 0. The molecule has 1 aromatic rings. The number of nitriles is 1. The van der Waals surface area contributed by atoms with Gasteiger partial charge in [-0.15, -0.1) is 0 Å². The summed E-state index contributed by atoms with van der Waals surface area (Å²) in [5.41, 5.74) is 12.2. The van der Waals surface area contributed by atoms with Crippen LogP contribution in [0.1, 0.15) is 18.0 Å². The average molecular weight is 177 g/mol. The molecule has 0 saturated carbocycles. The summed E-state index contributed by atoms with van der Waals surface area (Å²) in [4.78, 5) is 0. The number of anilines is 1. The van der Waals surface area contributed by atoms with E-state index in [-0.39, 0.29) is 23.9 Å². The molecule has 1 rings (SSSR count). The van der Waals surface area contributed by atoms with Crippen LogP contribution in [0, 0.1) is 11.3 Å². The fourth-order valence-electron chi connectivity index (χ4n) is 1.02. The van der Waals surface area contributed by atoms with Crippen LogP contribution in [0.5, 0.6) is 5.75 Å². The predicted octanol–water partition coefficient (Wildman–Crippen LogP) is 0.888. The lowest BCUT2D eigenvalue weighted by Gasteiger charge is -2.08. The van der Waals surface area contributed by atoms with Crippen molar-refractivity contribution >= 4 is 5.69 Å². The summed E-state index contributed by atoms with van der Waals surface area (Å²) in [6.45, 7) is 0. The van der Waals surface area contributed by atoms with Crippen LogP contribution < -0.4 is 11.5 Å². The minimum atomic E-state index is -0.340. The molecule has 4 heteroatoms. The molecule has 4 nitrogen and oxygen atoms in total. The largest absolute Gasteiger partial charge is 0.506 e. The van der Waals surface area contributed by atoms with E-state index in [2.05, 4.69) is 0 Å². The Morgan fingerprint density at radius 2 is 2.23 bits per heavy atom. The first-order chi connectivity index (χ1) is 6.15. The zero-order chi connectivity index (χ0) is 9.84. The maximum absolute atomic E-state index is 9.12. The van der Waals surface area contributed by atoms with Crippen molar-refractivity contribution in [2.45, 2.75) is 12.5 Å². The summed E-state index contributed by atoms with van der Waals surface area (Å²) < 4.78 is 0. The van der Waals surface area contributed by atoms with E-state index >= 15 is 0 Å². The summed E-state index contributed by atoms with van der Waals surface area (Å²) in [6.07, 6.45) is 0.240. The lowest BCUT2D eigenvalue weighted by molar-refractivity contribution is 0.477. The highest BCUT2D eigenvalue weighted by Crippen LogP contribution is 2.24. The van der Waals surface area contributed by atoms with Gasteiger partial charge >= 0.3 is 0 Å². The van der Waals surface area contributed by atoms with E-state index in [1.54, 1.807) is 12.1 Å². The van der Waals surface area contributed by atoms with E-state index < -0.39 is 0 Å². The fraction of sp³-hybridized carbons (Fsp3) is 0.222. The van der Waals surface area contributed by atoms with Crippen LogP contribution in [0.4, 0.5) is 5.69 Å². The molecule has 5 N–H and O–H groups in total. The molecule has 1 aromatic carbocycles. The molecule has 0 heterocycles. The van der Waals surface area contributed by atoms with E-state index in [1.165, 1.54) is 6.07 Å². The van der Waals surface area contributed by atoms with E-state index in [9.17, 15) is 0 Å². The van der Waals surface area contributed by atoms with Crippen molar-refractivity contribution < 1.29 is 5.11 Å². The van der Waals surface area contributed by atoms with Crippen molar-refractivity contribution in [1.82, 2.24) is 0 Å². The molecule has 1 atom stereocenters. The molecule has 0 aliphatic carbocycles. The number of phenolic OH excluding ortho intramolecular Hbond substituents is 1. The monoisotopic (exact) mass is 177 g/mol. The molecular weight excluding hydrogens is 166 g/mol. The Morgan fingerprint density at radius 1 is 1.54 bits per heavy atom. The van der Waals surface area contributed by atoms with Crippen LogP contribution in [0.25, 0.3) is 0 Å². The molecule has 68 valence electrons. The number of nitrogen functional groups attached to an aromatic ring is 1. The first-order valence-electron chi connectivity index (χ1n) is 3.86. The zero-order valence-electron chi connectivity index (χ0n) is 7.07. The van der Waals surface area contributed by atoms with Gasteiger partial charge in [-0.25, -0.2) is 0 Å². The molecule has 0 saturated heterocycles. The van der Waals surface area contributed by atoms with E-state index in [0.717, 1.165) is 5.56 Å². The smallest absolute Gasteiger partial charge is 0.138 e. The van der Waals surface area contributed by atoms with Crippen LogP contribution in [-0.2, 0) is 0 Å². The molecule has 0 radical (unpaired) electrons. The van der Waals surface area contributed by atoms with Crippen molar-refractivity contribution in [1.29, 1.82) is 5.26 Å². The highest BCUT2D eigenvalue weighted by Gasteiger charge is 2.06. The van der Waals surface area contributed by atoms with E-state index in [0.29, 0.717) is 0 Å². The molecule has 0 aliphatic heterocycles. The lowest BCUT2D eigenvalue weighted by Crippen LogP contribution is -2.09. The Morgan fingerprint density at radius 3 is 2.77 bits per heavy atom. The van der Waals surface area contributed by atoms with Gasteiger partial charge in [0.05, 0.1) is 18.2 Å². The molecule has 0 spiro atoms. The van der Waals surface area contributed by atoms with Gasteiger partial charge in [0.1, 0.15) is 5.75 Å². The molecule has 0 aliphatic rings. The Balaban J connectivity index is 2.91. The van der Waals surface area contributed by atoms with Gasteiger partial charge in [0, 0.05) is 6.04 Å². The first-order valence-corrected chi connectivity index (χ1v) is 3.86. The molecule has 0 bridgehead atoms. The Hall–Kier alpha value is -1.73. The molecular formula is C9H11N3O. The SMILES string of the molecule is N#CCC(N)c1ccc(O)c(N)c1. The van der Waals surface area contributed by atoms with Crippen LogP contribution in [-0.4, -0.2) is 5.11 Å². The second-order valence-electron chi connectivity index (χ2n) is 2.79. The molecule has 0 amide bonds. The molecule has 0 fully saturated rings. The minimum absolute atomic E-state index is 0.0351. The van der Waals surface area contributed by atoms with Gasteiger partial charge in [0.15, 0.2) is 0 Å². The Labute approximate surface area is 76.4 Å². The van der Waals surface area contributed by atoms with Gasteiger partial charge in [-0.3, -0.25) is 0 Å². The number of phenols is 1. The van der Waals surface area contributed by atoms with Gasteiger partial charge in [0.2, 0.25) is 0 Å².